The van der Waals surface area contributed by atoms with Crippen LogP contribution in [0, 0.1) is 33.5 Å². The highest BCUT2D eigenvalue weighted by molar-refractivity contribution is 7.17. The zero-order valence-electron chi connectivity index (χ0n) is 19.8. The molecule has 0 aliphatic carbocycles. The lowest BCUT2D eigenvalue weighted by Crippen LogP contribution is -2.26. The first-order chi connectivity index (χ1) is 16.1. The molecule has 8 nitrogen and oxygen atoms in total. The molecule has 10 heteroatoms. The zero-order valence-corrected chi connectivity index (χ0v) is 20.6. The Kier molecular flexibility index (Phi) is 6.18. The van der Waals surface area contributed by atoms with Gasteiger partial charge >= 0.3 is 0 Å². The van der Waals surface area contributed by atoms with E-state index in [9.17, 15) is 14.0 Å². The highest BCUT2D eigenvalue weighted by Crippen LogP contribution is 2.29. The maximum Gasteiger partial charge on any atom is 0.277 e. The molecule has 4 aromatic rings. The van der Waals surface area contributed by atoms with Gasteiger partial charge in [0.2, 0.25) is 0 Å². The maximum absolute atomic E-state index is 13.3. The number of rotatable bonds is 5. The number of amides is 1. The fourth-order valence-electron chi connectivity index (χ4n) is 3.84. The number of aryl methyl sites for hydroxylation is 3. The van der Waals surface area contributed by atoms with E-state index in [1.165, 1.54) is 28.2 Å². The van der Waals surface area contributed by atoms with Crippen molar-refractivity contribution in [1.29, 1.82) is 0 Å². The van der Waals surface area contributed by atoms with E-state index in [2.05, 4.69) is 20.5 Å². The molecule has 1 aromatic carbocycles. The Hall–Kier alpha value is -3.66. The van der Waals surface area contributed by atoms with Crippen molar-refractivity contribution in [2.75, 3.05) is 0 Å². The molecule has 4 rings (SSSR count). The van der Waals surface area contributed by atoms with Crippen LogP contribution in [-0.4, -0.2) is 30.5 Å². The second-order valence-corrected chi connectivity index (χ2v) is 9.22. The van der Waals surface area contributed by atoms with Crippen molar-refractivity contribution in [3.63, 3.8) is 0 Å². The highest BCUT2D eigenvalue weighted by atomic mass is 32.1. The highest BCUT2D eigenvalue weighted by Gasteiger charge is 2.23. The molecule has 1 unspecified atom stereocenters. The van der Waals surface area contributed by atoms with Crippen LogP contribution in [0.2, 0.25) is 0 Å². The lowest BCUT2D eigenvalue weighted by atomic mass is 10.1. The van der Waals surface area contributed by atoms with Crippen molar-refractivity contribution >= 4 is 17.2 Å². The summed E-state index contributed by atoms with van der Waals surface area (Å²) in [6, 6.07) is 5.73. The average molecular weight is 481 g/mol. The van der Waals surface area contributed by atoms with Gasteiger partial charge in [0.15, 0.2) is 0 Å². The molecule has 0 saturated carbocycles. The smallest absolute Gasteiger partial charge is 0.277 e. The summed E-state index contributed by atoms with van der Waals surface area (Å²) < 4.78 is 16.3. The minimum Gasteiger partial charge on any atom is -0.345 e. The third-order valence-electron chi connectivity index (χ3n) is 5.88. The van der Waals surface area contributed by atoms with Crippen LogP contribution in [0.1, 0.15) is 50.8 Å². The minimum atomic E-state index is -0.329. The second-order valence-electron chi connectivity index (χ2n) is 8.22. The predicted octanol–water partition coefficient (Wildman–Crippen LogP) is 3.95. The molecule has 34 heavy (non-hydrogen) atoms. The van der Waals surface area contributed by atoms with Gasteiger partial charge in [-0.1, -0.05) is 0 Å². The Morgan fingerprint density at radius 3 is 2.47 bits per heavy atom. The summed E-state index contributed by atoms with van der Waals surface area (Å²) in [6.45, 7) is 9.20. The molecule has 1 amide bonds. The Morgan fingerprint density at radius 1 is 1.12 bits per heavy atom. The number of aromatic nitrogens is 5. The predicted molar refractivity (Wildman–Crippen MR) is 129 cm³/mol. The van der Waals surface area contributed by atoms with Crippen LogP contribution in [0.5, 0.6) is 0 Å². The number of benzene rings is 1. The van der Waals surface area contributed by atoms with Crippen LogP contribution in [0.15, 0.2) is 35.3 Å². The van der Waals surface area contributed by atoms with Crippen molar-refractivity contribution in [1.82, 2.24) is 29.9 Å². The Labute approximate surface area is 200 Å². The molecule has 176 valence electrons. The minimum absolute atomic E-state index is 0.249. The summed E-state index contributed by atoms with van der Waals surface area (Å²) in [7, 11) is 1.60. The number of thiazole rings is 1. The van der Waals surface area contributed by atoms with Gasteiger partial charge < -0.3 is 5.32 Å². The quantitative estimate of drug-likeness (QED) is 0.467. The van der Waals surface area contributed by atoms with Gasteiger partial charge in [-0.25, -0.2) is 18.7 Å². The van der Waals surface area contributed by atoms with Gasteiger partial charge in [0, 0.05) is 18.3 Å². The van der Waals surface area contributed by atoms with Crippen LogP contribution < -0.4 is 10.9 Å². The SMILES string of the molecule is Cc1nc(-c2c(C)c(C)nn(C)c2=O)sc1C(=O)NC(C)c1cnn(-c2ccc(F)cc2)c1C. The van der Waals surface area contributed by atoms with Crippen LogP contribution >= 0.6 is 11.3 Å². The summed E-state index contributed by atoms with van der Waals surface area (Å²) in [5, 5.41) is 12.1. The Morgan fingerprint density at radius 2 is 1.79 bits per heavy atom. The van der Waals surface area contributed by atoms with Gasteiger partial charge in [-0.15, -0.1) is 11.3 Å². The molecule has 1 N–H and O–H groups in total. The first-order valence-electron chi connectivity index (χ1n) is 10.7. The van der Waals surface area contributed by atoms with Gasteiger partial charge in [-0.3, -0.25) is 9.59 Å². The molecule has 0 fully saturated rings. The van der Waals surface area contributed by atoms with Crippen LogP contribution in [0.3, 0.4) is 0 Å². The van der Waals surface area contributed by atoms with Crippen molar-refractivity contribution in [2.45, 2.75) is 40.7 Å². The third-order valence-corrected chi connectivity index (χ3v) is 7.05. The second kappa shape index (κ2) is 8.94. The van der Waals surface area contributed by atoms with E-state index in [4.69, 9.17) is 0 Å². The molecular weight excluding hydrogens is 455 g/mol. The lowest BCUT2D eigenvalue weighted by Gasteiger charge is -2.14. The Balaban J connectivity index is 1.60. The third kappa shape index (κ3) is 4.16. The molecule has 0 radical (unpaired) electrons. The molecule has 0 aliphatic heterocycles. The molecule has 1 atom stereocenters. The number of carbonyl (C=O) groups excluding carboxylic acids is 1. The standard InChI is InChI=1S/C24H25FN6O2S/c1-12-13(2)29-30(6)24(33)20(12)23-28-15(4)21(34-23)22(32)27-14(3)19-11-26-31(16(19)5)18-9-7-17(25)8-10-18/h7-11,14H,1-6H3,(H,27,32). The fourth-order valence-corrected chi connectivity index (χ4v) is 4.91. The summed E-state index contributed by atoms with van der Waals surface area (Å²) in [5.41, 5.74) is 4.67. The number of nitrogens with zero attached hydrogens (tertiary/aromatic N) is 5. The van der Waals surface area contributed by atoms with Gasteiger partial charge in [-0.2, -0.15) is 10.2 Å². The van der Waals surface area contributed by atoms with Crippen molar-refractivity contribution in [3.05, 3.63) is 79.7 Å². The number of hydrogen-bond donors (Lipinski definition) is 1. The van der Waals surface area contributed by atoms with Crippen LogP contribution in [-0.2, 0) is 7.05 Å². The van der Waals surface area contributed by atoms with Gasteiger partial charge in [-0.05, 0) is 64.4 Å². The molecule has 0 spiro atoms. The number of carbonyl (C=O) groups is 1. The molecule has 0 bridgehead atoms. The normalized spacial score (nSPS) is 12.1. The maximum atomic E-state index is 13.3. The summed E-state index contributed by atoms with van der Waals surface area (Å²) in [4.78, 5) is 30.8. The number of halogens is 1. The van der Waals surface area contributed by atoms with Gasteiger partial charge in [0.1, 0.15) is 15.7 Å². The van der Waals surface area contributed by atoms with Crippen LogP contribution in [0.25, 0.3) is 16.3 Å². The largest absolute Gasteiger partial charge is 0.345 e. The Bertz CT molecular complexity index is 1450. The monoisotopic (exact) mass is 480 g/mol. The van der Waals surface area contributed by atoms with E-state index < -0.39 is 0 Å². The molecular formula is C24H25FN6O2S. The molecule has 0 saturated heterocycles. The van der Waals surface area contributed by atoms with Gasteiger partial charge in [0.25, 0.3) is 11.5 Å². The number of nitrogens with one attached hydrogen (secondary N) is 1. The zero-order chi connectivity index (χ0) is 24.7. The number of hydrogen-bond acceptors (Lipinski definition) is 6. The van der Waals surface area contributed by atoms with E-state index in [-0.39, 0.29) is 23.3 Å². The topological polar surface area (TPSA) is 94.7 Å². The van der Waals surface area contributed by atoms with E-state index in [1.54, 1.807) is 37.0 Å². The lowest BCUT2D eigenvalue weighted by molar-refractivity contribution is 0.0943. The molecule has 0 aliphatic rings. The van der Waals surface area contributed by atoms with E-state index in [0.717, 1.165) is 28.2 Å². The van der Waals surface area contributed by atoms with Crippen molar-refractivity contribution in [3.8, 4) is 16.3 Å². The van der Waals surface area contributed by atoms with E-state index >= 15 is 0 Å². The summed E-state index contributed by atoms with van der Waals surface area (Å²) in [5.74, 6) is -0.591. The summed E-state index contributed by atoms with van der Waals surface area (Å²) >= 11 is 1.19. The molecule has 3 heterocycles. The summed E-state index contributed by atoms with van der Waals surface area (Å²) in [6.07, 6.45) is 1.70. The van der Waals surface area contributed by atoms with E-state index in [1.807, 2.05) is 27.7 Å². The first-order valence-corrected chi connectivity index (χ1v) is 11.5. The fraction of sp³-hybridized carbons (Fsp3) is 0.292. The van der Waals surface area contributed by atoms with Crippen molar-refractivity contribution < 1.29 is 9.18 Å². The van der Waals surface area contributed by atoms with E-state index in [0.29, 0.717) is 21.1 Å². The first kappa shape index (κ1) is 23.5. The van der Waals surface area contributed by atoms with Crippen molar-refractivity contribution in [2.24, 2.45) is 7.05 Å². The van der Waals surface area contributed by atoms with Gasteiger partial charge in [0.05, 0.1) is 34.9 Å². The van der Waals surface area contributed by atoms with Crippen LogP contribution in [0.4, 0.5) is 4.39 Å². The molecule has 3 aromatic heterocycles. The average Bonchev–Trinajstić information content (AvgIpc) is 3.36.